The predicted molar refractivity (Wildman–Crippen MR) is 111 cm³/mol. The summed E-state index contributed by atoms with van der Waals surface area (Å²) in [4.78, 5) is 33.3. The Kier molecular flexibility index (Phi) is 5.89. The molecule has 0 saturated carbocycles. The number of ether oxygens (including phenoxy) is 1. The lowest BCUT2D eigenvalue weighted by molar-refractivity contribution is -0.120. The first-order valence-electron chi connectivity index (χ1n) is 8.81. The van der Waals surface area contributed by atoms with Crippen LogP contribution in [0.15, 0.2) is 34.2 Å². The maximum Gasteiger partial charge on any atom is 0.259 e. The molecule has 3 aromatic rings. The molecule has 0 unspecified atom stereocenters. The first-order chi connectivity index (χ1) is 13.4. The van der Waals surface area contributed by atoms with E-state index in [9.17, 15) is 9.59 Å². The summed E-state index contributed by atoms with van der Waals surface area (Å²) < 4.78 is 5.32. The second kappa shape index (κ2) is 8.35. The molecule has 2 heterocycles. The molecule has 2 N–H and O–H groups in total. The SMILES string of the molecule is COc1ccccc1C/C(C)=N\NC(=O)Cc1nc2sc(C)c(C)c2c(=O)[nH]1. The zero-order valence-corrected chi connectivity index (χ0v) is 17.1. The molecule has 0 saturated heterocycles. The summed E-state index contributed by atoms with van der Waals surface area (Å²) in [7, 11) is 1.62. The Morgan fingerprint density at radius 1 is 1.29 bits per heavy atom. The van der Waals surface area contributed by atoms with E-state index in [0.717, 1.165) is 27.5 Å². The van der Waals surface area contributed by atoms with Gasteiger partial charge in [-0.25, -0.2) is 10.4 Å². The molecule has 2 aromatic heterocycles. The molecule has 0 aliphatic carbocycles. The van der Waals surface area contributed by atoms with Crippen molar-refractivity contribution in [2.24, 2.45) is 5.10 Å². The number of aromatic nitrogens is 2. The molecule has 0 radical (unpaired) electrons. The first-order valence-corrected chi connectivity index (χ1v) is 9.63. The predicted octanol–water partition coefficient (Wildman–Crippen LogP) is 2.89. The Bertz CT molecular complexity index is 1110. The van der Waals surface area contributed by atoms with Crippen LogP contribution >= 0.6 is 11.3 Å². The number of amides is 1. The number of H-pyrrole nitrogens is 1. The number of fused-ring (bicyclic) bond motifs is 1. The van der Waals surface area contributed by atoms with E-state index in [2.05, 4.69) is 20.5 Å². The van der Waals surface area contributed by atoms with Gasteiger partial charge in [-0.2, -0.15) is 5.10 Å². The minimum Gasteiger partial charge on any atom is -0.496 e. The van der Waals surface area contributed by atoms with Gasteiger partial charge in [-0.15, -0.1) is 11.3 Å². The molecule has 0 aliphatic rings. The van der Waals surface area contributed by atoms with Gasteiger partial charge in [0.1, 0.15) is 16.4 Å². The molecule has 146 valence electrons. The van der Waals surface area contributed by atoms with E-state index in [1.165, 1.54) is 11.3 Å². The second-order valence-corrected chi connectivity index (χ2v) is 7.73. The summed E-state index contributed by atoms with van der Waals surface area (Å²) in [6.45, 7) is 5.68. The summed E-state index contributed by atoms with van der Waals surface area (Å²) in [5, 5.41) is 4.73. The standard InChI is InChI=1S/C20H22N4O3S/c1-11(9-14-7-5-6-8-15(14)27-4)23-24-17(25)10-16-21-19(26)18-12(2)13(3)28-20(18)22-16/h5-8H,9-10H2,1-4H3,(H,24,25)(H,21,22,26)/b23-11-. The Hall–Kier alpha value is -3.00. The Labute approximate surface area is 166 Å². The van der Waals surface area contributed by atoms with E-state index in [4.69, 9.17) is 4.74 Å². The van der Waals surface area contributed by atoms with Crippen molar-refractivity contribution in [1.82, 2.24) is 15.4 Å². The maximum absolute atomic E-state index is 12.3. The number of para-hydroxylation sites is 1. The molecule has 1 aromatic carbocycles. The summed E-state index contributed by atoms with van der Waals surface area (Å²) in [6.07, 6.45) is 0.506. The number of nitrogens with one attached hydrogen (secondary N) is 2. The molecule has 1 amide bonds. The van der Waals surface area contributed by atoms with Gasteiger partial charge < -0.3 is 9.72 Å². The molecule has 28 heavy (non-hydrogen) atoms. The number of carbonyl (C=O) groups excluding carboxylic acids is 1. The number of hydrogen-bond acceptors (Lipinski definition) is 6. The molecule has 3 rings (SSSR count). The number of hydrogen-bond donors (Lipinski definition) is 2. The third-order valence-electron chi connectivity index (χ3n) is 4.43. The second-order valence-electron chi connectivity index (χ2n) is 6.52. The fourth-order valence-electron chi connectivity index (χ4n) is 2.90. The number of methoxy groups -OCH3 is 1. The largest absolute Gasteiger partial charge is 0.496 e. The highest BCUT2D eigenvalue weighted by atomic mass is 32.1. The molecular formula is C20H22N4O3S. The van der Waals surface area contributed by atoms with E-state index < -0.39 is 0 Å². The quantitative estimate of drug-likeness (QED) is 0.493. The summed E-state index contributed by atoms with van der Waals surface area (Å²) in [6, 6.07) is 7.66. The van der Waals surface area contributed by atoms with Crippen LogP contribution in [0.5, 0.6) is 5.75 Å². The average molecular weight is 398 g/mol. The van der Waals surface area contributed by atoms with Gasteiger partial charge >= 0.3 is 0 Å². The normalized spacial score (nSPS) is 11.6. The van der Waals surface area contributed by atoms with Gasteiger partial charge in [0.05, 0.1) is 18.9 Å². The van der Waals surface area contributed by atoms with Crippen LogP contribution < -0.4 is 15.7 Å². The lowest BCUT2D eigenvalue weighted by Gasteiger charge is -2.08. The fourth-order valence-corrected chi connectivity index (χ4v) is 3.95. The molecule has 8 heteroatoms. The maximum atomic E-state index is 12.3. The van der Waals surface area contributed by atoms with Crippen molar-refractivity contribution in [3.05, 3.63) is 56.4 Å². The zero-order chi connectivity index (χ0) is 20.3. The van der Waals surface area contributed by atoms with E-state index in [0.29, 0.717) is 22.5 Å². The zero-order valence-electron chi connectivity index (χ0n) is 16.3. The van der Waals surface area contributed by atoms with Crippen LogP contribution in [0.3, 0.4) is 0 Å². The summed E-state index contributed by atoms with van der Waals surface area (Å²) >= 11 is 1.45. The highest BCUT2D eigenvalue weighted by Gasteiger charge is 2.13. The van der Waals surface area contributed by atoms with Gasteiger partial charge in [0.2, 0.25) is 5.91 Å². The van der Waals surface area contributed by atoms with Crippen molar-refractivity contribution in [3.63, 3.8) is 0 Å². The van der Waals surface area contributed by atoms with Crippen LogP contribution in [-0.4, -0.2) is 28.7 Å². The lowest BCUT2D eigenvalue weighted by atomic mass is 10.1. The van der Waals surface area contributed by atoms with Crippen LogP contribution in [-0.2, 0) is 17.6 Å². The molecule has 0 aliphatic heterocycles. The number of aromatic amines is 1. The van der Waals surface area contributed by atoms with E-state index in [1.54, 1.807) is 7.11 Å². The van der Waals surface area contributed by atoms with Crippen LogP contribution in [0.4, 0.5) is 0 Å². The van der Waals surface area contributed by atoms with Crippen molar-refractivity contribution >= 4 is 33.2 Å². The van der Waals surface area contributed by atoms with Gasteiger partial charge in [-0.05, 0) is 38.0 Å². The van der Waals surface area contributed by atoms with Gasteiger partial charge in [0.15, 0.2) is 0 Å². The fraction of sp³-hybridized carbons (Fsp3) is 0.300. The van der Waals surface area contributed by atoms with Crippen molar-refractivity contribution < 1.29 is 9.53 Å². The minimum atomic E-state index is -0.341. The number of rotatable bonds is 6. The summed E-state index contributed by atoms with van der Waals surface area (Å²) in [5.74, 6) is 0.765. The van der Waals surface area contributed by atoms with Crippen molar-refractivity contribution in [1.29, 1.82) is 0 Å². The van der Waals surface area contributed by atoms with Gasteiger partial charge in [0, 0.05) is 17.0 Å². The Morgan fingerprint density at radius 3 is 2.79 bits per heavy atom. The smallest absolute Gasteiger partial charge is 0.259 e. The molecule has 0 spiro atoms. The third-order valence-corrected chi connectivity index (χ3v) is 5.53. The lowest BCUT2D eigenvalue weighted by Crippen LogP contribution is -2.24. The summed E-state index contributed by atoms with van der Waals surface area (Å²) in [5.41, 5.74) is 4.96. The van der Waals surface area contributed by atoms with Crippen LogP contribution in [0.2, 0.25) is 0 Å². The van der Waals surface area contributed by atoms with Crippen LogP contribution in [0, 0.1) is 13.8 Å². The van der Waals surface area contributed by atoms with E-state index in [-0.39, 0.29) is 17.9 Å². The number of thiophene rings is 1. The average Bonchev–Trinajstić information content (AvgIpc) is 2.94. The first kappa shape index (κ1) is 19.8. The van der Waals surface area contributed by atoms with Gasteiger partial charge in [0.25, 0.3) is 5.56 Å². The molecule has 0 atom stereocenters. The molecule has 0 bridgehead atoms. The number of aryl methyl sites for hydroxylation is 2. The monoisotopic (exact) mass is 398 g/mol. The Balaban J connectivity index is 1.68. The molecule has 0 fully saturated rings. The van der Waals surface area contributed by atoms with Crippen LogP contribution in [0.1, 0.15) is 28.8 Å². The highest BCUT2D eigenvalue weighted by molar-refractivity contribution is 7.18. The highest BCUT2D eigenvalue weighted by Crippen LogP contribution is 2.25. The van der Waals surface area contributed by atoms with E-state index in [1.807, 2.05) is 45.0 Å². The topological polar surface area (TPSA) is 96.4 Å². The minimum absolute atomic E-state index is 0.0490. The Morgan fingerprint density at radius 2 is 2.04 bits per heavy atom. The third kappa shape index (κ3) is 4.28. The van der Waals surface area contributed by atoms with Gasteiger partial charge in [-0.1, -0.05) is 18.2 Å². The molecule has 7 nitrogen and oxygen atoms in total. The number of benzene rings is 1. The van der Waals surface area contributed by atoms with E-state index >= 15 is 0 Å². The number of carbonyl (C=O) groups is 1. The number of nitrogens with zero attached hydrogens (tertiary/aromatic N) is 2. The van der Waals surface area contributed by atoms with Crippen molar-refractivity contribution in [2.75, 3.05) is 7.11 Å². The number of hydrazone groups is 1. The van der Waals surface area contributed by atoms with Gasteiger partial charge in [-0.3, -0.25) is 9.59 Å². The molecular weight excluding hydrogens is 376 g/mol. The van der Waals surface area contributed by atoms with Crippen LogP contribution in [0.25, 0.3) is 10.2 Å². The van der Waals surface area contributed by atoms with Crippen molar-refractivity contribution in [3.8, 4) is 5.75 Å². The van der Waals surface area contributed by atoms with Crippen molar-refractivity contribution in [2.45, 2.75) is 33.6 Å².